The van der Waals surface area contributed by atoms with Gasteiger partial charge in [-0.1, -0.05) is 24.3 Å². The summed E-state index contributed by atoms with van der Waals surface area (Å²) in [5, 5.41) is 1.95. The van der Waals surface area contributed by atoms with E-state index in [0.717, 1.165) is 21.7 Å². The van der Waals surface area contributed by atoms with Gasteiger partial charge in [0.2, 0.25) is 5.13 Å². The second-order valence-corrected chi connectivity index (χ2v) is 8.47. The van der Waals surface area contributed by atoms with E-state index in [1.807, 2.05) is 57.2 Å². The van der Waals surface area contributed by atoms with Gasteiger partial charge in [-0.3, -0.25) is 0 Å². The van der Waals surface area contributed by atoms with Crippen molar-refractivity contribution in [1.29, 1.82) is 0 Å². The zero-order valence-electron chi connectivity index (χ0n) is 16.3. The van der Waals surface area contributed by atoms with Crippen LogP contribution in [0.25, 0.3) is 22.4 Å². The summed E-state index contributed by atoms with van der Waals surface area (Å²) in [4.78, 5) is 25.4. The van der Waals surface area contributed by atoms with Crippen molar-refractivity contribution in [2.75, 3.05) is 31.1 Å². The van der Waals surface area contributed by atoms with Gasteiger partial charge in [0.15, 0.2) is 5.82 Å². The molecule has 3 aromatic rings. The van der Waals surface area contributed by atoms with Crippen LogP contribution in [0.2, 0.25) is 0 Å². The van der Waals surface area contributed by atoms with Gasteiger partial charge >= 0.3 is 6.09 Å². The van der Waals surface area contributed by atoms with Crippen LogP contribution in [0.15, 0.2) is 36.4 Å². The molecule has 1 aliphatic heterocycles. The number of benzene rings is 1. The number of carbonyl (C=O) groups is 1. The van der Waals surface area contributed by atoms with Crippen LogP contribution in [0.3, 0.4) is 0 Å². The lowest BCUT2D eigenvalue weighted by molar-refractivity contribution is 0.0240. The number of nitrogens with zero attached hydrogens (tertiary/aromatic N) is 5. The summed E-state index contributed by atoms with van der Waals surface area (Å²) in [6, 6.07) is 12.0. The number of para-hydroxylation sites is 1. The second-order valence-electron chi connectivity index (χ2n) is 7.74. The average Bonchev–Trinajstić information content (AvgIpc) is 3.16. The van der Waals surface area contributed by atoms with Crippen LogP contribution in [0.4, 0.5) is 9.93 Å². The molecule has 1 fully saturated rings. The lowest BCUT2D eigenvalue weighted by Crippen LogP contribution is -2.50. The minimum atomic E-state index is -0.477. The minimum Gasteiger partial charge on any atom is -0.444 e. The van der Waals surface area contributed by atoms with E-state index in [0.29, 0.717) is 32.0 Å². The maximum Gasteiger partial charge on any atom is 0.410 e. The fourth-order valence-corrected chi connectivity index (χ4v) is 3.77. The van der Waals surface area contributed by atoms with Crippen LogP contribution in [0.1, 0.15) is 20.8 Å². The molecule has 0 radical (unpaired) electrons. The van der Waals surface area contributed by atoms with Crippen molar-refractivity contribution >= 4 is 33.7 Å². The first-order valence-corrected chi connectivity index (χ1v) is 10.1. The number of rotatable bonds is 2. The van der Waals surface area contributed by atoms with E-state index in [-0.39, 0.29) is 6.09 Å². The number of carbonyl (C=O) groups excluding carboxylic acids is 1. The molecule has 8 heteroatoms. The largest absolute Gasteiger partial charge is 0.444 e. The van der Waals surface area contributed by atoms with Crippen molar-refractivity contribution < 1.29 is 9.53 Å². The Bertz CT molecular complexity index is 989. The number of aromatic nitrogens is 3. The highest BCUT2D eigenvalue weighted by molar-refractivity contribution is 7.09. The van der Waals surface area contributed by atoms with Crippen LogP contribution < -0.4 is 4.90 Å². The molecule has 2 aromatic heterocycles. The molecule has 0 spiro atoms. The summed E-state index contributed by atoms with van der Waals surface area (Å²) in [5.41, 5.74) is 1.23. The molecule has 0 unspecified atom stereocenters. The Morgan fingerprint density at radius 1 is 1.04 bits per heavy atom. The number of anilines is 1. The molecule has 1 aromatic carbocycles. The molecule has 1 aliphatic rings. The molecule has 0 bridgehead atoms. The number of amides is 1. The Kier molecular flexibility index (Phi) is 4.89. The van der Waals surface area contributed by atoms with Crippen molar-refractivity contribution in [1.82, 2.24) is 19.2 Å². The second kappa shape index (κ2) is 7.35. The fraction of sp³-hybridized carbons (Fsp3) is 0.400. The molecule has 1 amide bonds. The summed E-state index contributed by atoms with van der Waals surface area (Å²) < 4.78 is 9.94. The smallest absolute Gasteiger partial charge is 0.410 e. The van der Waals surface area contributed by atoms with Gasteiger partial charge in [-0.15, -0.1) is 0 Å². The maximum atomic E-state index is 12.2. The average molecular weight is 398 g/mol. The number of hydrogen-bond acceptors (Lipinski definition) is 7. The first kappa shape index (κ1) is 18.6. The third kappa shape index (κ3) is 4.06. The Labute approximate surface area is 168 Å². The van der Waals surface area contributed by atoms with Gasteiger partial charge < -0.3 is 14.5 Å². The van der Waals surface area contributed by atoms with Crippen LogP contribution in [-0.2, 0) is 4.74 Å². The Morgan fingerprint density at radius 3 is 2.54 bits per heavy atom. The normalized spacial score (nSPS) is 15.1. The van der Waals surface area contributed by atoms with Crippen LogP contribution in [0, 0.1) is 0 Å². The maximum absolute atomic E-state index is 12.2. The summed E-state index contributed by atoms with van der Waals surface area (Å²) in [6.45, 7) is 8.27. The number of hydrogen-bond donors (Lipinski definition) is 0. The molecule has 4 rings (SSSR count). The van der Waals surface area contributed by atoms with Gasteiger partial charge in [0.05, 0.1) is 5.52 Å². The zero-order valence-corrected chi connectivity index (χ0v) is 17.1. The van der Waals surface area contributed by atoms with Gasteiger partial charge in [-0.25, -0.2) is 9.78 Å². The molecule has 146 valence electrons. The third-order valence-electron chi connectivity index (χ3n) is 4.44. The van der Waals surface area contributed by atoms with Crippen molar-refractivity contribution in [3.8, 4) is 11.5 Å². The molecule has 3 heterocycles. The minimum absolute atomic E-state index is 0.259. The zero-order chi connectivity index (χ0) is 19.7. The Balaban J connectivity index is 1.43. The van der Waals surface area contributed by atoms with E-state index in [1.165, 1.54) is 11.5 Å². The van der Waals surface area contributed by atoms with Crippen molar-refractivity contribution in [3.63, 3.8) is 0 Å². The summed E-state index contributed by atoms with van der Waals surface area (Å²) >= 11 is 1.37. The van der Waals surface area contributed by atoms with E-state index >= 15 is 0 Å². The lowest BCUT2D eigenvalue weighted by atomic mass is 10.2. The van der Waals surface area contributed by atoms with E-state index in [9.17, 15) is 4.79 Å². The topological polar surface area (TPSA) is 71.5 Å². The van der Waals surface area contributed by atoms with Crippen LogP contribution in [0.5, 0.6) is 0 Å². The Morgan fingerprint density at radius 2 is 1.79 bits per heavy atom. The molecule has 7 nitrogen and oxygen atoms in total. The molecule has 0 aliphatic carbocycles. The first-order valence-electron chi connectivity index (χ1n) is 9.32. The number of fused-ring (bicyclic) bond motifs is 1. The summed E-state index contributed by atoms with van der Waals surface area (Å²) in [6.07, 6.45) is -0.259. The third-order valence-corrected chi connectivity index (χ3v) is 5.22. The molecular formula is C20H23N5O2S. The molecule has 28 heavy (non-hydrogen) atoms. The molecule has 0 atom stereocenters. The van der Waals surface area contributed by atoms with Gasteiger partial charge in [-0.05, 0) is 32.9 Å². The lowest BCUT2D eigenvalue weighted by Gasteiger charge is -2.35. The predicted octanol–water partition coefficient (Wildman–Crippen LogP) is 3.81. The summed E-state index contributed by atoms with van der Waals surface area (Å²) in [7, 11) is 0. The molecule has 1 saturated heterocycles. The monoisotopic (exact) mass is 397 g/mol. The highest BCUT2D eigenvalue weighted by Gasteiger charge is 2.27. The molecule has 0 N–H and O–H groups in total. The fourth-order valence-electron chi connectivity index (χ4n) is 3.05. The van der Waals surface area contributed by atoms with E-state index in [1.54, 1.807) is 4.90 Å². The quantitative estimate of drug-likeness (QED) is 0.655. The SMILES string of the molecule is CC(C)(C)OC(=O)N1CCN(c2nc(-c3ccc4ccccc4n3)ns2)CC1. The standard InChI is InChI=1S/C20H23N5O2S/c1-20(2,3)27-19(26)25-12-10-24(11-13-25)18-22-17(23-28-18)16-9-8-14-6-4-5-7-15(14)21-16/h4-9H,10-13H2,1-3H3. The van der Waals surface area contributed by atoms with Crippen molar-refractivity contribution in [2.24, 2.45) is 0 Å². The summed E-state index contributed by atoms with van der Waals surface area (Å²) in [5.74, 6) is 0.639. The van der Waals surface area contributed by atoms with Crippen LogP contribution in [-0.4, -0.2) is 57.1 Å². The van der Waals surface area contributed by atoms with E-state index in [2.05, 4.69) is 19.2 Å². The number of pyridine rings is 1. The van der Waals surface area contributed by atoms with E-state index in [4.69, 9.17) is 4.74 Å². The highest BCUT2D eigenvalue weighted by atomic mass is 32.1. The Hall–Kier alpha value is -2.74. The highest BCUT2D eigenvalue weighted by Crippen LogP contribution is 2.25. The number of piperazine rings is 1. The molecule has 0 saturated carbocycles. The van der Waals surface area contributed by atoms with Gasteiger partial charge in [0.25, 0.3) is 0 Å². The van der Waals surface area contributed by atoms with Gasteiger partial charge in [-0.2, -0.15) is 9.36 Å². The van der Waals surface area contributed by atoms with Gasteiger partial charge in [0.1, 0.15) is 11.3 Å². The predicted molar refractivity (Wildman–Crippen MR) is 111 cm³/mol. The molecular weight excluding hydrogens is 374 g/mol. The van der Waals surface area contributed by atoms with E-state index < -0.39 is 5.60 Å². The van der Waals surface area contributed by atoms with Crippen LogP contribution >= 0.6 is 11.5 Å². The number of ether oxygens (including phenoxy) is 1. The first-order chi connectivity index (χ1) is 13.4. The van der Waals surface area contributed by atoms with Crippen molar-refractivity contribution in [2.45, 2.75) is 26.4 Å². The van der Waals surface area contributed by atoms with Gasteiger partial charge in [0, 0.05) is 43.1 Å². The van der Waals surface area contributed by atoms with Crippen molar-refractivity contribution in [3.05, 3.63) is 36.4 Å².